The van der Waals surface area contributed by atoms with Crippen molar-refractivity contribution in [3.63, 3.8) is 0 Å². The molecule has 174 valence electrons. The number of amides is 1. The molecule has 1 amide bonds. The van der Waals surface area contributed by atoms with Crippen molar-refractivity contribution in [2.75, 3.05) is 19.5 Å². The number of hydrogen-bond acceptors (Lipinski definition) is 8. The fourth-order valence-electron chi connectivity index (χ4n) is 3.22. The summed E-state index contributed by atoms with van der Waals surface area (Å²) >= 11 is 1.29. The van der Waals surface area contributed by atoms with Crippen molar-refractivity contribution in [1.29, 1.82) is 0 Å². The Morgan fingerprint density at radius 2 is 1.76 bits per heavy atom. The first-order chi connectivity index (χ1) is 16.5. The van der Waals surface area contributed by atoms with Gasteiger partial charge in [0.05, 0.1) is 30.3 Å². The number of nitrogens with zero attached hydrogens (tertiary/aromatic N) is 1. The summed E-state index contributed by atoms with van der Waals surface area (Å²) in [6.07, 6.45) is 0. The zero-order valence-electron chi connectivity index (χ0n) is 18.8. The van der Waals surface area contributed by atoms with E-state index in [1.54, 1.807) is 24.4 Å². The topological polar surface area (TPSA) is 99.9 Å². The summed E-state index contributed by atoms with van der Waals surface area (Å²) < 4.78 is 21.9. The van der Waals surface area contributed by atoms with Gasteiger partial charge in [-0.05, 0) is 30.5 Å². The van der Waals surface area contributed by atoms with E-state index in [9.17, 15) is 9.59 Å². The number of anilines is 1. The van der Waals surface area contributed by atoms with E-state index in [0.29, 0.717) is 33.7 Å². The minimum absolute atomic E-state index is 0.104. The molecule has 2 aromatic heterocycles. The van der Waals surface area contributed by atoms with Crippen LogP contribution in [0.2, 0.25) is 0 Å². The van der Waals surface area contributed by atoms with Crippen molar-refractivity contribution in [3.05, 3.63) is 81.9 Å². The van der Waals surface area contributed by atoms with Crippen molar-refractivity contribution < 1.29 is 28.2 Å². The quantitative estimate of drug-likeness (QED) is 0.341. The van der Waals surface area contributed by atoms with Crippen LogP contribution in [-0.2, 0) is 11.3 Å². The molecule has 2 heterocycles. The highest BCUT2D eigenvalue weighted by molar-refractivity contribution is 7.12. The first-order valence-electron chi connectivity index (χ1n) is 10.3. The first kappa shape index (κ1) is 23.1. The Morgan fingerprint density at radius 1 is 1.03 bits per heavy atom. The Morgan fingerprint density at radius 3 is 2.44 bits per heavy atom. The number of thiophene rings is 1. The van der Waals surface area contributed by atoms with Crippen LogP contribution in [0.5, 0.6) is 11.5 Å². The van der Waals surface area contributed by atoms with Crippen LogP contribution in [0.4, 0.5) is 5.69 Å². The maximum atomic E-state index is 13.0. The minimum atomic E-state index is -0.661. The Hall–Kier alpha value is -4.11. The average molecular weight is 479 g/mol. The van der Waals surface area contributed by atoms with Crippen LogP contribution in [0.3, 0.4) is 0 Å². The van der Waals surface area contributed by atoms with Crippen LogP contribution in [-0.4, -0.2) is 31.1 Å². The molecular formula is C25H22N2O6S. The summed E-state index contributed by atoms with van der Waals surface area (Å²) in [4.78, 5) is 30.6. The normalized spacial score (nSPS) is 10.6. The fourth-order valence-corrected chi connectivity index (χ4v) is 3.84. The van der Waals surface area contributed by atoms with Gasteiger partial charge in [-0.3, -0.25) is 4.79 Å². The number of aromatic nitrogens is 1. The predicted molar refractivity (Wildman–Crippen MR) is 128 cm³/mol. The van der Waals surface area contributed by atoms with Gasteiger partial charge in [0, 0.05) is 17.7 Å². The minimum Gasteiger partial charge on any atom is -0.493 e. The number of rotatable bonds is 8. The lowest BCUT2D eigenvalue weighted by atomic mass is 10.1. The predicted octanol–water partition coefficient (Wildman–Crippen LogP) is 5.34. The maximum absolute atomic E-state index is 13.0. The summed E-state index contributed by atoms with van der Waals surface area (Å²) in [5.74, 6) is 0.666. The van der Waals surface area contributed by atoms with E-state index in [-0.39, 0.29) is 23.8 Å². The number of carbonyl (C=O) groups is 2. The molecule has 0 aliphatic heterocycles. The van der Waals surface area contributed by atoms with E-state index >= 15 is 0 Å². The Kier molecular flexibility index (Phi) is 6.93. The molecule has 34 heavy (non-hydrogen) atoms. The largest absolute Gasteiger partial charge is 0.493 e. The van der Waals surface area contributed by atoms with E-state index < -0.39 is 5.97 Å². The van der Waals surface area contributed by atoms with E-state index in [2.05, 4.69) is 10.3 Å². The molecule has 0 spiro atoms. The second-order valence-electron chi connectivity index (χ2n) is 7.15. The van der Waals surface area contributed by atoms with Crippen molar-refractivity contribution in [1.82, 2.24) is 4.98 Å². The van der Waals surface area contributed by atoms with Crippen LogP contribution < -0.4 is 14.8 Å². The number of nitrogens with one attached hydrogen (secondary N) is 1. The van der Waals surface area contributed by atoms with E-state index in [4.69, 9.17) is 18.6 Å². The second-order valence-corrected chi connectivity index (χ2v) is 8.10. The van der Waals surface area contributed by atoms with Gasteiger partial charge < -0.3 is 23.9 Å². The van der Waals surface area contributed by atoms with Crippen LogP contribution >= 0.6 is 11.3 Å². The highest BCUT2D eigenvalue weighted by Crippen LogP contribution is 2.34. The molecule has 0 aliphatic carbocycles. The molecule has 0 radical (unpaired) electrons. The lowest BCUT2D eigenvalue weighted by Crippen LogP contribution is -2.15. The fraction of sp³-hybridized carbons (Fsp3) is 0.160. The standard InChI is InChI=1S/C25H22N2O6S/c1-15-19(27-24(33-15)16-8-5-4-6-9-16)14-32-25(29)17-12-20(30-2)21(31-3)13-18(17)26-23(28)22-10-7-11-34-22/h4-13H,14H2,1-3H3,(H,26,28). The van der Waals surface area contributed by atoms with Gasteiger partial charge in [0.1, 0.15) is 18.1 Å². The molecule has 0 fully saturated rings. The molecule has 9 heteroatoms. The van der Waals surface area contributed by atoms with Crippen LogP contribution in [0.1, 0.15) is 31.5 Å². The molecule has 0 unspecified atom stereocenters. The van der Waals surface area contributed by atoms with Crippen molar-refractivity contribution >= 4 is 28.9 Å². The second kappa shape index (κ2) is 10.2. The van der Waals surface area contributed by atoms with Crippen molar-refractivity contribution in [3.8, 4) is 23.0 Å². The van der Waals surface area contributed by atoms with Crippen LogP contribution in [0, 0.1) is 6.92 Å². The molecule has 1 N–H and O–H groups in total. The lowest BCUT2D eigenvalue weighted by Gasteiger charge is -2.15. The number of oxazole rings is 1. The Balaban J connectivity index is 1.57. The maximum Gasteiger partial charge on any atom is 0.340 e. The summed E-state index contributed by atoms with van der Waals surface area (Å²) in [7, 11) is 2.93. The summed E-state index contributed by atoms with van der Waals surface area (Å²) in [6, 6.07) is 15.9. The van der Waals surface area contributed by atoms with Gasteiger partial charge in [-0.15, -0.1) is 11.3 Å². The molecule has 2 aromatic carbocycles. The third-order valence-electron chi connectivity index (χ3n) is 4.99. The zero-order valence-corrected chi connectivity index (χ0v) is 19.6. The third-order valence-corrected chi connectivity index (χ3v) is 5.86. The Bertz CT molecular complexity index is 1300. The Labute approximate surface area is 200 Å². The molecule has 4 rings (SSSR count). The molecule has 0 saturated heterocycles. The van der Waals surface area contributed by atoms with Gasteiger partial charge >= 0.3 is 5.97 Å². The molecule has 8 nitrogen and oxygen atoms in total. The number of ether oxygens (including phenoxy) is 3. The van der Waals surface area contributed by atoms with E-state index in [1.807, 2.05) is 30.3 Å². The van der Waals surface area contributed by atoms with Gasteiger partial charge in [-0.25, -0.2) is 9.78 Å². The average Bonchev–Trinajstić information content (AvgIpc) is 3.53. The molecular weight excluding hydrogens is 456 g/mol. The lowest BCUT2D eigenvalue weighted by molar-refractivity contribution is 0.0467. The monoisotopic (exact) mass is 478 g/mol. The number of aryl methyl sites for hydroxylation is 1. The van der Waals surface area contributed by atoms with Gasteiger partial charge in [-0.1, -0.05) is 24.3 Å². The van der Waals surface area contributed by atoms with Crippen LogP contribution in [0.15, 0.2) is 64.4 Å². The highest BCUT2D eigenvalue weighted by atomic mass is 32.1. The van der Waals surface area contributed by atoms with E-state index in [1.165, 1.54) is 37.7 Å². The highest BCUT2D eigenvalue weighted by Gasteiger charge is 2.22. The molecule has 0 atom stereocenters. The smallest absolute Gasteiger partial charge is 0.340 e. The summed E-state index contributed by atoms with van der Waals surface area (Å²) in [5.41, 5.74) is 1.67. The molecule has 0 bridgehead atoms. The van der Waals surface area contributed by atoms with Crippen molar-refractivity contribution in [2.45, 2.75) is 13.5 Å². The number of carbonyl (C=O) groups excluding carboxylic acids is 2. The zero-order chi connectivity index (χ0) is 24.1. The number of esters is 1. The van der Waals surface area contributed by atoms with Crippen LogP contribution in [0.25, 0.3) is 11.5 Å². The van der Waals surface area contributed by atoms with Gasteiger partial charge in [0.25, 0.3) is 5.91 Å². The first-order valence-corrected chi connectivity index (χ1v) is 11.2. The molecule has 0 aliphatic rings. The number of benzene rings is 2. The van der Waals surface area contributed by atoms with Gasteiger partial charge in [0.15, 0.2) is 11.5 Å². The van der Waals surface area contributed by atoms with Crippen molar-refractivity contribution in [2.24, 2.45) is 0 Å². The van der Waals surface area contributed by atoms with E-state index in [0.717, 1.165) is 5.56 Å². The number of methoxy groups -OCH3 is 2. The summed E-state index contributed by atoms with van der Waals surface area (Å²) in [6.45, 7) is 1.65. The number of hydrogen-bond donors (Lipinski definition) is 1. The summed E-state index contributed by atoms with van der Waals surface area (Å²) in [5, 5.41) is 4.55. The third kappa shape index (κ3) is 4.94. The van der Waals surface area contributed by atoms with Gasteiger partial charge in [0.2, 0.25) is 5.89 Å². The van der Waals surface area contributed by atoms with Gasteiger partial charge in [-0.2, -0.15) is 0 Å². The SMILES string of the molecule is COc1cc(NC(=O)c2cccs2)c(C(=O)OCc2nc(-c3ccccc3)oc2C)cc1OC. The molecule has 0 saturated carbocycles. The molecule has 4 aromatic rings.